The molecule has 2 rings (SSSR count). The van der Waals surface area contributed by atoms with Gasteiger partial charge in [-0.15, -0.1) is 0 Å². The van der Waals surface area contributed by atoms with Crippen LogP contribution < -0.4 is 5.32 Å². The normalized spacial score (nSPS) is 10.0. The van der Waals surface area contributed by atoms with Gasteiger partial charge in [0.25, 0.3) is 0 Å². The maximum absolute atomic E-state index is 11.7. The van der Waals surface area contributed by atoms with E-state index in [1.54, 1.807) is 12.3 Å². The van der Waals surface area contributed by atoms with Gasteiger partial charge in [0.05, 0.1) is 11.9 Å². The Labute approximate surface area is 127 Å². The maximum atomic E-state index is 11.7. The number of rotatable bonds is 6. The third-order valence-electron chi connectivity index (χ3n) is 2.88. The second kappa shape index (κ2) is 7.78. The van der Waals surface area contributed by atoms with Crippen LogP contribution in [0.15, 0.2) is 48.8 Å². The van der Waals surface area contributed by atoms with Crippen LogP contribution in [0.3, 0.4) is 0 Å². The van der Waals surface area contributed by atoms with Gasteiger partial charge in [0.15, 0.2) is 0 Å². The molecule has 0 saturated carbocycles. The highest BCUT2D eigenvalue weighted by molar-refractivity contribution is 5.84. The monoisotopic (exact) mass is 300 g/mol. The molecule has 1 aromatic carbocycles. The van der Waals surface area contributed by atoms with E-state index in [0.29, 0.717) is 12.1 Å². The van der Waals surface area contributed by atoms with Crippen molar-refractivity contribution in [3.05, 3.63) is 59.9 Å². The molecule has 1 heterocycles. The van der Waals surface area contributed by atoms with E-state index >= 15 is 0 Å². The summed E-state index contributed by atoms with van der Waals surface area (Å²) in [5.41, 5.74) is 2.11. The average Bonchev–Trinajstić information content (AvgIpc) is 2.52. The highest BCUT2D eigenvalue weighted by atomic mass is 16.5. The van der Waals surface area contributed by atoms with Gasteiger partial charge in [-0.25, -0.2) is 4.79 Å². The van der Waals surface area contributed by atoms with Crippen molar-refractivity contribution in [3.63, 3.8) is 0 Å². The zero-order valence-corrected chi connectivity index (χ0v) is 11.9. The van der Waals surface area contributed by atoms with Gasteiger partial charge in [0, 0.05) is 12.6 Å². The third-order valence-corrected chi connectivity index (χ3v) is 2.88. The molecule has 0 aliphatic rings. The molecule has 2 aromatic rings. The number of benzene rings is 1. The number of anilines is 1. The van der Waals surface area contributed by atoms with Gasteiger partial charge >= 0.3 is 12.1 Å². The summed E-state index contributed by atoms with van der Waals surface area (Å²) in [5, 5.41) is 11.2. The lowest BCUT2D eigenvalue weighted by Crippen LogP contribution is -2.14. The highest BCUT2D eigenvalue weighted by Crippen LogP contribution is 2.11. The number of hydrogen-bond donors (Lipinski definition) is 2. The van der Waals surface area contributed by atoms with Gasteiger partial charge in [-0.1, -0.05) is 30.3 Å². The molecule has 114 valence electrons. The summed E-state index contributed by atoms with van der Waals surface area (Å²) in [6, 6.07) is 11.0. The van der Waals surface area contributed by atoms with Crippen molar-refractivity contribution in [3.8, 4) is 0 Å². The van der Waals surface area contributed by atoms with Crippen molar-refractivity contribution in [1.29, 1.82) is 0 Å². The number of nitrogens with one attached hydrogen (secondary N) is 1. The van der Waals surface area contributed by atoms with Crippen LogP contribution >= 0.6 is 0 Å². The molecule has 0 aliphatic heterocycles. The fourth-order valence-corrected chi connectivity index (χ4v) is 1.82. The molecule has 1 amide bonds. The topological polar surface area (TPSA) is 88.5 Å². The zero-order valence-electron chi connectivity index (χ0n) is 11.9. The van der Waals surface area contributed by atoms with Crippen LogP contribution in [0, 0.1) is 0 Å². The predicted octanol–water partition coefficient (Wildman–Crippen LogP) is 2.85. The van der Waals surface area contributed by atoms with Crippen LogP contribution in [0.1, 0.15) is 17.5 Å². The van der Waals surface area contributed by atoms with Crippen LogP contribution in [-0.2, 0) is 22.6 Å². The summed E-state index contributed by atoms with van der Waals surface area (Å²) in [7, 11) is 0. The summed E-state index contributed by atoms with van der Waals surface area (Å²) in [6.45, 7) is 0.179. The molecular formula is C16H16N2O4. The summed E-state index contributed by atoms with van der Waals surface area (Å²) < 4.78 is 5.10. The Morgan fingerprint density at radius 2 is 1.91 bits per heavy atom. The lowest BCUT2D eigenvalue weighted by molar-refractivity contribution is -0.136. The van der Waals surface area contributed by atoms with Crippen LogP contribution in [0.25, 0.3) is 0 Å². The van der Waals surface area contributed by atoms with Crippen molar-refractivity contribution in [1.82, 2.24) is 4.98 Å². The highest BCUT2D eigenvalue weighted by Gasteiger charge is 2.06. The third kappa shape index (κ3) is 5.24. The number of aromatic nitrogens is 1. The van der Waals surface area contributed by atoms with Gasteiger partial charge in [-0.3, -0.25) is 15.1 Å². The minimum absolute atomic E-state index is 0.0174. The zero-order chi connectivity index (χ0) is 15.8. The van der Waals surface area contributed by atoms with E-state index in [2.05, 4.69) is 10.3 Å². The van der Waals surface area contributed by atoms with Crippen molar-refractivity contribution in [2.45, 2.75) is 19.4 Å². The fraction of sp³-hybridized carbons (Fsp3) is 0.188. The van der Waals surface area contributed by atoms with Crippen LogP contribution in [0.2, 0.25) is 0 Å². The lowest BCUT2D eigenvalue weighted by Gasteiger charge is -2.08. The van der Waals surface area contributed by atoms with Gasteiger partial charge in [0.2, 0.25) is 0 Å². The molecule has 1 aromatic heterocycles. The molecule has 0 spiro atoms. The summed E-state index contributed by atoms with van der Waals surface area (Å²) in [6.07, 6.45) is 2.85. The van der Waals surface area contributed by atoms with Crippen molar-refractivity contribution >= 4 is 17.7 Å². The fourth-order valence-electron chi connectivity index (χ4n) is 1.82. The van der Waals surface area contributed by atoms with Crippen LogP contribution in [0.5, 0.6) is 0 Å². The largest absolute Gasteiger partial charge is 0.481 e. The lowest BCUT2D eigenvalue weighted by atomic mass is 10.1. The smallest absolute Gasteiger partial charge is 0.412 e. The minimum Gasteiger partial charge on any atom is -0.481 e. The second-order valence-electron chi connectivity index (χ2n) is 4.66. The van der Waals surface area contributed by atoms with Crippen LogP contribution in [-0.4, -0.2) is 22.2 Å². The minimum atomic E-state index is -0.874. The molecule has 22 heavy (non-hydrogen) atoms. The first-order valence-electron chi connectivity index (χ1n) is 6.77. The number of carboxylic acid groups (broad SMARTS) is 1. The summed E-state index contributed by atoms with van der Waals surface area (Å²) in [5.74, 6) is -0.874. The molecule has 0 fully saturated rings. The summed E-state index contributed by atoms with van der Waals surface area (Å²) >= 11 is 0. The van der Waals surface area contributed by atoms with E-state index in [-0.39, 0.29) is 13.0 Å². The molecule has 0 aliphatic carbocycles. The Bertz CT molecular complexity index is 644. The average molecular weight is 300 g/mol. The first kappa shape index (κ1) is 15.5. The van der Waals surface area contributed by atoms with Crippen molar-refractivity contribution in [2.24, 2.45) is 0 Å². The quantitative estimate of drug-likeness (QED) is 0.856. The number of aliphatic carboxylic acids is 1. The number of carbonyl (C=O) groups excluding carboxylic acids is 1. The molecular weight excluding hydrogens is 284 g/mol. The SMILES string of the molecule is O=C(O)CCc1cncc(NC(=O)OCc2ccccc2)c1. The van der Waals surface area contributed by atoms with Crippen molar-refractivity contribution < 1.29 is 19.4 Å². The van der Waals surface area contributed by atoms with E-state index in [9.17, 15) is 9.59 Å². The number of pyridine rings is 1. The maximum Gasteiger partial charge on any atom is 0.412 e. The Hall–Kier alpha value is -2.89. The number of aryl methyl sites for hydroxylation is 1. The number of amides is 1. The first-order valence-corrected chi connectivity index (χ1v) is 6.77. The summed E-state index contributed by atoms with van der Waals surface area (Å²) in [4.78, 5) is 26.2. The van der Waals surface area contributed by atoms with E-state index in [0.717, 1.165) is 11.1 Å². The molecule has 6 heteroatoms. The number of carbonyl (C=O) groups is 2. The van der Waals surface area contributed by atoms with E-state index in [1.165, 1.54) is 6.20 Å². The van der Waals surface area contributed by atoms with Gasteiger partial charge in [0.1, 0.15) is 6.61 Å². The number of ether oxygens (including phenoxy) is 1. The Morgan fingerprint density at radius 1 is 1.14 bits per heavy atom. The Balaban J connectivity index is 1.85. The Morgan fingerprint density at radius 3 is 2.64 bits per heavy atom. The molecule has 0 unspecified atom stereocenters. The first-order chi connectivity index (χ1) is 10.6. The molecule has 0 radical (unpaired) electrons. The Kier molecular flexibility index (Phi) is 5.48. The van der Waals surface area contributed by atoms with E-state index in [1.807, 2.05) is 30.3 Å². The van der Waals surface area contributed by atoms with Gasteiger partial charge in [-0.05, 0) is 23.6 Å². The van der Waals surface area contributed by atoms with Crippen LogP contribution in [0.4, 0.5) is 10.5 Å². The van der Waals surface area contributed by atoms with Crippen molar-refractivity contribution in [2.75, 3.05) is 5.32 Å². The molecule has 0 saturated heterocycles. The second-order valence-corrected chi connectivity index (χ2v) is 4.66. The van der Waals surface area contributed by atoms with E-state index < -0.39 is 12.1 Å². The standard InChI is InChI=1S/C16H16N2O4/c19-15(20)7-6-13-8-14(10-17-9-13)18-16(21)22-11-12-4-2-1-3-5-12/h1-5,8-10H,6-7,11H2,(H,18,21)(H,19,20). The van der Waals surface area contributed by atoms with Gasteiger partial charge in [-0.2, -0.15) is 0 Å². The molecule has 0 atom stereocenters. The van der Waals surface area contributed by atoms with Gasteiger partial charge < -0.3 is 9.84 Å². The molecule has 2 N–H and O–H groups in total. The molecule has 6 nitrogen and oxygen atoms in total. The number of nitrogens with zero attached hydrogens (tertiary/aromatic N) is 1. The van der Waals surface area contributed by atoms with E-state index in [4.69, 9.17) is 9.84 Å². The number of carboxylic acids is 1. The predicted molar refractivity (Wildman–Crippen MR) is 80.4 cm³/mol. The molecule has 0 bridgehead atoms. The number of hydrogen-bond acceptors (Lipinski definition) is 4.